The molecule has 3 rings (SSSR count). The minimum Gasteiger partial charge on any atom is -0.394 e. The Morgan fingerprint density at radius 3 is 2.66 bits per heavy atom. The summed E-state index contributed by atoms with van der Waals surface area (Å²) in [5, 5.41) is 37.4. The smallest absolute Gasteiger partial charge is 0.217 e. The van der Waals surface area contributed by atoms with Crippen molar-refractivity contribution >= 4 is 18.1 Å². The van der Waals surface area contributed by atoms with Crippen LogP contribution in [0.15, 0.2) is 37.2 Å². The van der Waals surface area contributed by atoms with Crippen molar-refractivity contribution in [1.82, 2.24) is 24.6 Å². The second kappa shape index (κ2) is 8.93. The fourth-order valence-corrected chi connectivity index (χ4v) is 3.59. The third kappa shape index (κ3) is 4.14. The Kier molecular flexibility index (Phi) is 6.55. The maximum atomic E-state index is 11.7. The minimum atomic E-state index is -1.40. The highest BCUT2D eigenvalue weighted by Gasteiger charge is 2.46. The number of hydrogen-bond acceptors (Lipinski definition) is 8. The highest BCUT2D eigenvalue weighted by molar-refractivity contribution is 7.71. The lowest BCUT2D eigenvalue weighted by Gasteiger charge is -2.42. The van der Waals surface area contributed by atoms with Crippen molar-refractivity contribution in [3.63, 3.8) is 0 Å². The Balaban J connectivity index is 2.12. The molecule has 1 aliphatic heterocycles. The van der Waals surface area contributed by atoms with Crippen molar-refractivity contribution in [2.75, 3.05) is 6.61 Å². The molecule has 4 N–H and O–H groups in total. The predicted molar refractivity (Wildman–Crippen MR) is 105 cm³/mol. The van der Waals surface area contributed by atoms with Gasteiger partial charge in [0.1, 0.15) is 24.4 Å². The van der Waals surface area contributed by atoms with E-state index < -0.39 is 43.1 Å². The van der Waals surface area contributed by atoms with Gasteiger partial charge in [-0.25, -0.2) is 4.68 Å². The number of hydrogen-bond donors (Lipinski definition) is 4. The van der Waals surface area contributed by atoms with Gasteiger partial charge >= 0.3 is 0 Å². The summed E-state index contributed by atoms with van der Waals surface area (Å²) in [4.78, 5) is 15.7. The number of amides is 1. The molecule has 0 aromatic carbocycles. The number of nitrogens with zero attached hydrogens (tertiary/aromatic N) is 4. The average molecular weight is 421 g/mol. The molecule has 1 saturated heterocycles. The number of ether oxygens (including phenoxy) is 1. The molecular weight excluding hydrogens is 398 g/mol. The van der Waals surface area contributed by atoms with Crippen molar-refractivity contribution in [3.05, 3.63) is 42.0 Å². The number of pyridine rings is 1. The van der Waals surface area contributed by atoms with Crippen molar-refractivity contribution in [2.45, 2.75) is 44.1 Å². The molecule has 2 aromatic rings. The third-order valence-corrected chi connectivity index (χ3v) is 5.05. The zero-order valence-electron chi connectivity index (χ0n) is 15.8. The van der Waals surface area contributed by atoms with Gasteiger partial charge in [-0.3, -0.25) is 14.3 Å². The van der Waals surface area contributed by atoms with Crippen LogP contribution in [-0.2, 0) is 16.1 Å². The highest BCUT2D eigenvalue weighted by atomic mass is 32.1. The van der Waals surface area contributed by atoms with Gasteiger partial charge in [-0.15, -0.1) is 11.7 Å². The Morgan fingerprint density at radius 1 is 1.38 bits per heavy atom. The summed E-state index contributed by atoms with van der Waals surface area (Å²) in [5.41, 5.74) is 0.748. The second-order valence-electron chi connectivity index (χ2n) is 6.64. The number of aliphatic hydroxyl groups excluding tert-OH is 3. The lowest BCUT2D eigenvalue weighted by Crippen LogP contribution is -2.62. The van der Waals surface area contributed by atoms with Gasteiger partial charge in [-0.1, -0.05) is 6.08 Å². The maximum absolute atomic E-state index is 11.7. The lowest BCUT2D eigenvalue weighted by atomic mass is 9.96. The fraction of sp³-hybridized carbons (Fsp3) is 0.444. The van der Waals surface area contributed by atoms with Crippen molar-refractivity contribution in [2.24, 2.45) is 0 Å². The number of carbonyl (C=O) groups is 1. The molecule has 5 atom stereocenters. The largest absolute Gasteiger partial charge is 0.394 e. The summed E-state index contributed by atoms with van der Waals surface area (Å²) in [7, 11) is 0. The quantitative estimate of drug-likeness (QED) is 0.371. The minimum absolute atomic E-state index is 0.261. The molecule has 0 radical (unpaired) electrons. The second-order valence-corrected chi connectivity index (χ2v) is 7.01. The summed E-state index contributed by atoms with van der Waals surface area (Å²) >= 11 is 5.57. The molecule has 1 fully saturated rings. The van der Waals surface area contributed by atoms with Crippen LogP contribution in [0.25, 0.3) is 11.4 Å². The topological polar surface area (TPSA) is 135 Å². The molecule has 3 heterocycles. The highest BCUT2D eigenvalue weighted by Crippen LogP contribution is 2.30. The normalized spacial score (nSPS) is 26.8. The molecule has 10 nitrogen and oxygen atoms in total. The molecule has 11 heteroatoms. The van der Waals surface area contributed by atoms with Crippen molar-refractivity contribution in [3.8, 4) is 11.4 Å². The van der Waals surface area contributed by atoms with E-state index in [1.807, 2.05) is 0 Å². The molecule has 156 valence electrons. The Hall–Kier alpha value is -2.44. The number of aliphatic hydroxyl groups is 3. The van der Waals surface area contributed by atoms with Crippen LogP contribution >= 0.6 is 12.2 Å². The summed E-state index contributed by atoms with van der Waals surface area (Å²) in [6.45, 7) is 4.86. The van der Waals surface area contributed by atoms with Gasteiger partial charge < -0.3 is 25.4 Å². The van der Waals surface area contributed by atoms with E-state index in [9.17, 15) is 20.1 Å². The van der Waals surface area contributed by atoms with E-state index in [0.717, 1.165) is 5.56 Å². The van der Waals surface area contributed by atoms with Gasteiger partial charge in [-0.2, -0.15) is 0 Å². The summed E-state index contributed by atoms with van der Waals surface area (Å²) in [6.07, 6.45) is -0.00893. The summed E-state index contributed by atoms with van der Waals surface area (Å²) in [6, 6.07) is 2.50. The first-order chi connectivity index (χ1) is 13.9. The van der Waals surface area contributed by atoms with Crippen LogP contribution in [-0.4, -0.2) is 71.5 Å². The molecule has 0 aliphatic carbocycles. The first-order valence-electron chi connectivity index (χ1n) is 8.99. The summed E-state index contributed by atoms with van der Waals surface area (Å²) < 4.78 is 9.12. The molecule has 0 unspecified atom stereocenters. The Labute approximate surface area is 172 Å². The van der Waals surface area contributed by atoms with E-state index in [-0.39, 0.29) is 4.77 Å². The fourth-order valence-electron chi connectivity index (χ4n) is 3.28. The van der Waals surface area contributed by atoms with Gasteiger partial charge in [0.2, 0.25) is 10.7 Å². The van der Waals surface area contributed by atoms with Crippen LogP contribution in [0.1, 0.15) is 13.2 Å². The molecular formula is C18H23N5O5S. The van der Waals surface area contributed by atoms with Crippen LogP contribution in [0.3, 0.4) is 0 Å². The third-order valence-electron chi connectivity index (χ3n) is 4.65. The zero-order chi connectivity index (χ0) is 21.1. The van der Waals surface area contributed by atoms with Crippen LogP contribution in [0.4, 0.5) is 0 Å². The SMILES string of the molecule is C=CCn1c(-c2ccncc2)nn([C@@H]2O[C@H](CO)[C@@H](O)[C@H](O)[C@H]2NC(C)=O)c1=S. The number of aromatic nitrogens is 4. The van der Waals surface area contributed by atoms with E-state index in [0.29, 0.717) is 12.4 Å². The van der Waals surface area contributed by atoms with E-state index in [4.69, 9.17) is 17.0 Å². The van der Waals surface area contributed by atoms with Crippen LogP contribution in [0.5, 0.6) is 0 Å². The first-order valence-corrected chi connectivity index (χ1v) is 9.40. The standard InChI is InChI=1S/C18H23N5O5S/c1-3-8-22-16(11-4-6-19-7-5-11)21-23(18(22)29)17-13(20-10(2)25)15(27)14(26)12(9-24)28-17/h3-7,12-15,17,24,26-27H,1,8-9H2,2H3,(H,20,25)/t12-,13-,14-,15-,17-/m1/s1. The van der Waals surface area contributed by atoms with Gasteiger partial charge in [-0.05, 0) is 24.4 Å². The molecule has 29 heavy (non-hydrogen) atoms. The zero-order valence-corrected chi connectivity index (χ0v) is 16.6. The number of rotatable bonds is 6. The van der Waals surface area contributed by atoms with Crippen LogP contribution in [0.2, 0.25) is 0 Å². The summed E-state index contributed by atoms with van der Waals surface area (Å²) in [5.74, 6) is 0.0901. The van der Waals surface area contributed by atoms with Crippen LogP contribution in [0, 0.1) is 4.77 Å². The van der Waals surface area contributed by atoms with Crippen molar-refractivity contribution < 1.29 is 24.9 Å². The Morgan fingerprint density at radius 2 is 2.07 bits per heavy atom. The number of nitrogens with one attached hydrogen (secondary N) is 1. The maximum Gasteiger partial charge on any atom is 0.217 e. The predicted octanol–water partition coefficient (Wildman–Crippen LogP) is -0.222. The van der Waals surface area contributed by atoms with Crippen LogP contribution < -0.4 is 5.32 Å². The molecule has 1 amide bonds. The van der Waals surface area contributed by atoms with Gasteiger partial charge in [0.05, 0.1) is 6.61 Å². The lowest BCUT2D eigenvalue weighted by molar-refractivity contribution is -0.219. The van der Waals surface area contributed by atoms with Gasteiger partial charge in [0, 0.05) is 31.4 Å². The Bertz CT molecular complexity index is 930. The molecule has 2 aromatic heterocycles. The van der Waals surface area contributed by atoms with E-state index in [2.05, 4.69) is 22.0 Å². The number of carbonyl (C=O) groups excluding carboxylic acids is 1. The number of allylic oxidation sites excluding steroid dienone is 1. The first kappa shape index (κ1) is 21.3. The van der Waals surface area contributed by atoms with Gasteiger partial charge in [0.25, 0.3) is 0 Å². The molecule has 0 bridgehead atoms. The molecule has 1 aliphatic rings. The van der Waals surface area contributed by atoms with E-state index in [1.165, 1.54) is 11.6 Å². The molecule has 0 saturated carbocycles. The van der Waals surface area contributed by atoms with Gasteiger partial charge in [0.15, 0.2) is 12.1 Å². The monoisotopic (exact) mass is 421 g/mol. The van der Waals surface area contributed by atoms with Crippen molar-refractivity contribution in [1.29, 1.82) is 0 Å². The average Bonchev–Trinajstić information content (AvgIpc) is 3.03. The van der Waals surface area contributed by atoms with E-state index >= 15 is 0 Å². The van der Waals surface area contributed by atoms with E-state index in [1.54, 1.807) is 35.2 Å². The molecule has 0 spiro atoms.